The molecule has 4 rings (SSSR count). The molecule has 0 saturated heterocycles. The zero-order chi connectivity index (χ0) is 22.2. The normalized spacial score (nSPS) is 16.3. The van der Waals surface area contributed by atoms with Crippen LogP contribution in [0, 0.1) is 5.82 Å². The highest BCUT2D eigenvalue weighted by Crippen LogP contribution is 2.34. The zero-order valence-corrected chi connectivity index (χ0v) is 16.4. The van der Waals surface area contributed by atoms with Crippen LogP contribution in [-0.2, 0) is 12.5 Å². The van der Waals surface area contributed by atoms with E-state index in [4.69, 9.17) is 4.74 Å². The van der Waals surface area contributed by atoms with Gasteiger partial charge in [0, 0.05) is 29.1 Å². The van der Waals surface area contributed by atoms with Gasteiger partial charge in [0.2, 0.25) is 5.82 Å². The minimum absolute atomic E-state index is 0.0319. The Bertz CT molecular complexity index is 1130. The highest BCUT2D eigenvalue weighted by Gasteiger charge is 2.35. The monoisotopic (exact) mass is 430 g/mol. The largest absolute Gasteiger partial charge is 0.491 e. The summed E-state index contributed by atoms with van der Waals surface area (Å²) in [5.41, 5.74) is 0.688. The van der Waals surface area contributed by atoms with Crippen molar-refractivity contribution >= 4 is 5.91 Å². The molecule has 1 aromatic carbocycles. The maximum absolute atomic E-state index is 15.0. The number of fused-ring (bicyclic) bond motifs is 1. The van der Waals surface area contributed by atoms with Gasteiger partial charge in [0.1, 0.15) is 18.2 Å². The number of aromatic nitrogens is 3. The first-order valence-electron chi connectivity index (χ1n) is 9.32. The molecule has 0 fully saturated rings. The fourth-order valence-corrected chi connectivity index (χ4v) is 3.14. The van der Waals surface area contributed by atoms with Gasteiger partial charge in [-0.1, -0.05) is 11.7 Å². The van der Waals surface area contributed by atoms with E-state index >= 15 is 0 Å². The van der Waals surface area contributed by atoms with E-state index in [1.807, 2.05) is 0 Å². The Kier molecular flexibility index (Phi) is 5.22. The van der Waals surface area contributed by atoms with Gasteiger partial charge in [0.05, 0.1) is 12.6 Å². The van der Waals surface area contributed by atoms with Gasteiger partial charge in [-0.3, -0.25) is 9.78 Å². The second-order valence-corrected chi connectivity index (χ2v) is 7.01. The summed E-state index contributed by atoms with van der Waals surface area (Å²) in [4.78, 5) is 21.9. The topological polar surface area (TPSA) is 81.4 Å². The van der Waals surface area contributed by atoms with Gasteiger partial charge >= 0.3 is 11.8 Å². The summed E-state index contributed by atoms with van der Waals surface area (Å²) < 4.78 is 52.6. The molecule has 0 radical (unpaired) electrons. The van der Waals surface area contributed by atoms with E-state index in [9.17, 15) is 18.0 Å². The molecule has 0 bridgehead atoms. The SMILES string of the molecule is C=CC(F)(F)c1nc(-c2cc(F)c3c(c2)OC[C@H](C)N(C(=O)c2ccncc2)C3)no1. The summed E-state index contributed by atoms with van der Waals surface area (Å²) in [5.74, 6) is -5.47. The van der Waals surface area contributed by atoms with Crippen molar-refractivity contribution in [2.45, 2.75) is 25.4 Å². The molecule has 160 valence electrons. The molecule has 0 saturated carbocycles. The van der Waals surface area contributed by atoms with Crippen LogP contribution >= 0.6 is 0 Å². The van der Waals surface area contributed by atoms with E-state index in [2.05, 4.69) is 26.2 Å². The number of pyridine rings is 1. The van der Waals surface area contributed by atoms with Crippen molar-refractivity contribution in [2.24, 2.45) is 0 Å². The van der Waals surface area contributed by atoms with Gasteiger partial charge in [0.25, 0.3) is 5.91 Å². The molecule has 1 amide bonds. The average molecular weight is 430 g/mol. The van der Waals surface area contributed by atoms with Crippen molar-refractivity contribution in [3.05, 3.63) is 72.1 Å². The number of rotatable bonds is 4. The predicted octanol–water partition coefficient (Wildman–Crippen LogP) is 3.97. The van der Waals surface area contributed by atoms with E-state index in [-0.39, 0.29) is 47.8 Å². The van der Waals surface area contributed by atoms with Crippen molar-refractivity contribution in [3.63, 3.8) is 0 Å². The lowest BCUT2D eigenvalue weighted by molar-refractivity contribution is 0.0163. The van der Waals surface area contributed by atoms with Crippen molar-refractivity contribution in [1.82, 2.24) is 20.0 Å². The molecule has 1 aliphatic heterocycles. The van der Waals surface area contributed by atoms with Gasteiger partial charge < -0.3 is 14.2 Å². The van der Waals surface area contributed by atoms with E-state index in [1.54, 1.807) is 19.1 Å². The van der Waals surface area contributed by atoms with Crippen LogP contribution < -0.4 is 4.74 Å². The van der Waals surface area contributed by atoms with Crippen LogP contribution in [0.25, 0.3) is 11.4 Å². The minimum Gasteiger partial charge on any atom is -0.491 e. The first-order valence-corrected chi connectivity index (χ1v) is 9.32. The van der Waals surface area contributed by atoms with Gasteiger partial charge in [-0.25, -0.2) is 4.39 Å². The van der Waals surface area contributed by atoms with Crippen LogP contribution in [0.1, 0.15) is 28.7 Å². The summed E-state index contributed by atoms with van der Waals surface area (Å²) >= 11 is 0. The lowest BCUT2D eigenvalue weighted by Crippen LogP contribution is -2.40. The Hall–Kier alpha value is -3.69. The Morgan fingerprint density at radius 3 is 2.77 bits per heavy atom. The fourth-order valence-electron chi connectivity index (χ4n) is 3.14. The molecule has 0 spiro atoms. The van der Waals surface area contributed by atoms with Crippen molar-refractivity contribution in [1.29, 1.82) is 0 Å². The van der Waals surface area contributed by atoms with E-state index < -0.39 is 17.6 Å². The fraction of sp³-hybridized carbons (Fsp3) is 0.238. The lowest BCUT2D eigenvalue weighted by atomic mass is 10.1. The summed E-state index contributed by atoms with van der Waals surface area (Å²) in [6.45, 7) is 4.89. The maximum Gasteiger partial charge on any atom is 0.343 e. The molecule has 1 aliphatic rings. The molecule has 0 aliphatic carbocycles. The average Bonchev–Trinajstić information content (AvgIpc) is 3.22. The standard InChI is InChI=1S/C21H17F3N4O3/c1-3-21(23,24)20-26-18(27-31-20)14-8-16(22)15-10-28(12(2)11-30-17(15)9-14)19(29)13-4-6-25-7-5-13/h3-9,12H,1,10-11H2,2H3/t12-/m0/s1. The number of carbonyl (C=O) groups is 1. The second-order valence-electron chi connectivity index (χ2n) is 7.01. The molecule has 10 heteroatoms. The highest BCUT2D eigenvalue weighted by atomic mass is 19.3. The molecule has 0 N–H and O–H groups in total. The first kappa shape index (κ1) is 20.6. The van der Waals surface area contributed by atoms with Crippen molar-refractivity contribution < 1.29 is 27.2 Å². The van der Waals surface area contributed by atoms with Crippen LogP contribution in [0.4, 0.5) is 13.2 Å². The molecular formula is C21H17F3N4O3. The van der Waals surface area contributed by atoms with Crippen molar-refractivity contribution in [2.75, 3.05) is 6.61 Å². The minimum atomic E-state index is -3.50. The number of ether oxygens (including phenoxy) is 1. The number of alkyl halides is 2. The molecule has 1 atom stereocenters. The summed E-state index contributed by atoms with van der Waals surface area (Å²) in [6, 6.07) is 5.33. The van der Waals surface area contributed by atoms with E-state index in [0.717, 1.165) is 6.07 Å². The Balaban J connectivity index is 1.67. The van der Waals surface area contributed by atoms with Crippen LogP contribution in [0.15, 0.2) is 53.8 Å². The summed E-state index contributed by atoms with van der Waals surface area (Å²) in [6.07, 6.45) is 3.38. The van der Waals surface area contributed by atoms with E-state index in [1.165, 1.54) is 23.4 Å². The molecular weight excluding hydrogens is 413 g/mol. The van der Waals surface area contributed by atoms with Crippen LogP contribution in [0.3, 0.4) is 0 Å². The molecule has 0 unspecified atom stereocenters. The van der Waals surface area contributed by atoms with Crippen LogP contribution in [0.5, 0.6) is 5.75 Å². The maximum atomic E-state index is 15.0. The Morgan fingerprint density at radius 2 is 2.06 bits per heavy atom. The molecule has 7 nitrogen and oxygen atoms in total. The van der Waals surface area contributed by atoms with Gasteiger partial charge in [-0.05, 0) is 37.3 Å². The van der Waals surface area contributed by atoms with Crippen molar-refractivity contribution in [3.8, 4) is 17.1 Å². The number of allylic oxidation sites excluding steroid dienone is 1. The number of amides is 1. The Morgan fingerprint density at radius 1 is 1.32 bits per heavy atom. The number of carbonyl (C=O) groups excluding carboxylic acids is 1. The number of halogens is 3. The molecule has 3 heterocycles. The van der Waals surface area contributed by atoms with Gasteiger partial charge in [0.15, 0.2) is 0 Å². The second kappa shape index (κ2) is 7.86. The van der Waals surface area contributed by atoms with Gasteiger partial charge in [-0.15, -0.1) is 0 Å². The van der Waals surface area contributed by atoms with E-state index in [0.29, 0.717) is 11.6 Å². The number of benzene rings is 1. The van der Waals surface area contributed by atoms with Crippen LogP contribution in [-0.4, -0.2) is 38.6 Å². The van der Waals surface area contributed by atoms with Gasteiger partial charge in [-0.2, -0.15) is 13.8 Å². The number of hydrogen-bond donors (Lipinski definition) is 0. The lowest BCUT2D eigenvalue weighted by Gasteiger charge is -2.26. The summed E-state index contributed by atoms with van der Waals surface area (Å²) in [5, 5.41) is 3.51. The third-order valence-electron chi connectivity index (χ3n) is 4.91. The molecule has 2 aromatic heterocycles. The first-order chi connectivity index (χ1) is 14.8. The summed E-state index contributed by atoms with van der Waals surface area (Å²) in [7, 11) is 0. The number of nitrogens with zero attached hydrogens (tertiary/aromatic N) is 4. The molecule has 3 aromatic rings. The predicted molar refractivity (Wildman–Crippen MR) is 103 cm³/mol. The quantitative estimate of drug-likeness (QED) is 0.583. The Labute approximate surface area is 175 Å². The third-order valence-corrected chi connectivity index (χ3v) is 4.91. The highest BCUT2D eigenvalue weighted by molar-refractivity contribution is 5.94. The number of hydrogen-bond acceptors (Lipinski definition) is 6. The third kappa shape index (κ3) is 3.88. The molecule has 31 heavy (non-hydrogen) atoms. The zero-order valence-electron chi connectivity index (χ0n) is 16.4. The van der Waals surface area contributed by atoms with Crippen LogP contribution in [0.2, 0.25) is 0 Å². The smallest absolute Gasteiger partial charge is 0.343 e.